The number of carbonyl (C=O) groups excluding carboxylic acids is 2. The fourth-order valence-corrected chi connectivity index (χ4v) is 6.26. The lowest BCUT2D eigenvalue weighted by Crippen LogP contribution is -2.42. The average Bonchev–Trinajstić information content (AvgIpc) is 3.38. The zero-order chi connectivity index (χ0) is 34.1. The van der Waals surface area contributed by atoms with Gasteiger partial charge in [-0.1, -0.05) is 142 Å². The van der Waals surface area contributed by atoms with Crippen LogP contribution in [0, 0.1) is 0 Å². The fraction of sp³-hybridized carbons (Fsp3) is 0.838. The fourth-order valence-electron chi connectivity index (χ4n) is 6.26. The van der Waals surface area contributed by atoms with Crippen molar-refractivity contribution >= 4 is 11.9 Å². The van der Waals surface area contributed by atoms with Gasteiger partial charge in [0, 0.05) is 25.1 Å². The molecule has 2 N–H and O–H groups in total. The maximum Gasteiger partial charge on any atom is 0.330 e. The number of unbranched alkanes of at least 4 members (excludes halogenated alkanes) is 20. The first-order chi connectivity index (χ1) is 22.9. The van der Waals surface area contributed by atoms with E-state index < -0.39 is 54.3 Å². The van der Waals surface area contributed by atoms with E-state index in [-0.39, 0.29) is 12.8 Å². The Labute approximate surface area is 282 Å². The van der Waals surface area contributed by atoms with E-state index in [4.69, 9.17) is 14.2 Å². The number of aliphatic hydroxyl groups is 1. The van der Waals surface area contributed by atoms with Crippen LogP contribution in [-0.4, -0.2) is 51.5 Å². The monoisotopic (exact) mass is 664 g/mol. The number of carbonyl (C=O) groups is 2. The summed E-state index contributed by atoms with van der Waals surface area (Å²) in [7, 11) is 0. The van der Waals surface area contributed by atoms with Crippen LogP contribution >= 0.6 is 0 Å². The van der Waals surface area contributed by atoms with E-state index in [0.29, 0.717) is 12.8 Å². The van der Waals surface area contributed by atoms with Crippen molar-refractivity contribution in [2.24, 2.45) is 0 Å². The van der Waals surface area contributed by atoms with Gasteiger partial charge < -0.3 is 19.3 Å². The second kappa shape index (κ2) is 25.5. The Morgan fingerprint density at radius 2 is 1.09 bits per heavy atom. The molecule has 47 heavy (non-hydrogen) atoms. The van der Waals surface area contributed by atoms with Crippen molar-refractivity contribution in [1.82, 2.24) is 9.55 Å². The normalized spacial score (nSPS) is 19.2. The summed E-state index contributed by atoms with van der Waals surface area (Å²) >= 11 is 0. The molecular weight excluding hydrogens is 600 g/mol. The number of H-pyrrole nitrogens is 1. The average molecular weight is 665 g/mol. The van der Waals surface area contributed by atoms with Gasteiger partial charge >= 0.3 is 17.6 Å². The zero-order valence-electron chi connectivity index (χ0n) is 29.4. The Bertz CT molecular complexity index is 1090. The molecule has 0 spiro atoms. The lowest BCUT2D eigenvalue weighted by Gasteiger charge is -2.24. The highest BCUT2D eigenvalue weighted by Gasteiger charge is 2.50. The minimum Gasteiger partial charge on any atom is -0.455 e. The topological polar surface area (TPSA) is 137 Å². The van der Waals surface area contributed by atoms with Crippen LogP contribution in [-0.2, 0) is 23.8 Å². The van der Waals surface area contributed by atoms with Crippen molar-refractivity contribution < 1.29 is 28.9 Å². The Balaban J connectivity index is 1.84. The van der Waals surface area contributed by atoms with Crippen molar-refractivity contribution in [2.75, 3.05) is 6.61 Å². The van der Waals surface area contributed by atoms with E-state index in [1.165, 1.54) is 96.1 Å². The highest BCUT2D eigenvalue weighted by atomic mass is 16.6. The number of hydrogen-bond donors (Lipinski definition) is 2. The molecule has 0 amide bonds. The molecule has 10 nitrogen and oxygen atoms in total. The first kappa shape index (κ1) is 40.7. The molecule has 270 valence electrons. The van der Waals surface area contributed by atoms with E-state index in [1.807, 2.05) is 0 Å². The number of hydrogen-bond acceptors (Lipinski definition) is 8. The number of aromatic amines is 1. The SMILES string of the molecule is CCCCCCCCCCCCCC(=O)OC1C(CO)OC(n2ccc(=O)[nH]c2=O)C1OC(=O)CCCCCCCCCCCCC. The van der Waals surface area contributed by atoms with E-state index in [0.717, 1.165) is 49.2 Å². The van der Waals surface area contributed by atoms with Gasteiger partial charge in [0.15, 0.2) is 18.4 Å². The number of aromatic nitrogens is 2. The third kappa shape index (κ3) is 17.0. The van der Waals surface area contributed by atoms with Crippen molar-refractivity contribution in [3.05, 3.63) is 33.1 Å². The summed E-state index contributed by atoms with van der Waals surface area (Å²) in [6.07, 6.45) is 22.7. The number of ether oxygens (including phenoxy) is 3. The van der Waals surface area contributed by atoms with Crippen LogP contribution in [0.25, 0.3) is 0 Å². The van der Waals surface area contributed by atoms with Gasteiger partial charge in [-0.2, -0.15) is 0 Å². The Morgan fingerprint density at radius 1 is 0.681 bits per heavy atom. The minimum absolute atomic E-state index is 0.184. The summed E-state index contributed by atoms with van der Waals surface area (Å²) in [6.45, 7) is 3.95. The maximum atomic E-state index is 13.0. The van der Waals surface area contributed by atoms with E-state index in [1.54, 1.807) is 0 Å². The molecule has 0 bridgehead atoms. The smallest absolute Gasteiger partial charge is 0.330 e. The molecule has 0 aromatic carbocycles. The molecule has 10 heteroatoms. The van der Waals surface area contributed by atoms with Gasteiger partial charge in [-0.3, -0.25) is 23.9 Å². The van der Waals surface area contributed by atoms with Crippen LogP contribution in [0.5, 0.6) is 0 Å². The lowest BCUT2D eigenvalue weighted by molar-refractivity contribution is -0.169. The first-order valence-electron chi connectivity index (χ1n) is 18.9. The predicted octanol–water partition coefficient (Wildman–Crippen LogP) is 7.65. The second-order valence-electron chi connectivity index (χ2n) is 13.2. The van der Waals surface area contributed by atoms with Crippen molar-refractivity contribution in [3.63, 3.8) is 0 Å². The second-order valence-corrected chi connectivity index (χ2v) is 13.2. The van der Waals surface area contributed by atoms with Gasteiger partial charge in [0.25, 0.3) is 5.56 Å². The van der Waals surface area contributed by atoms with E-state index >= 15 is 0 Å². The van der Waals surface area contributed by atoms with Crippen LogP contribution in [0.4, 0.5) is 0 Å². The van der Waals surface area contributed by atoms with Crippen molar-refractivity contribution in [2.45, 2.75) is 192 Å². The molecule has 1 saturated heterocycles. The summed E-state index contributed by atoms with van der Waals surface area (Å²) in [5.74, 6) is -0.948. The van der Waals surface area contributed by atoms with Crippen molar-refractivity contribution in [1.29, 1.82) is 0 Å². The Hall–Kier alpha value is -2.46. The quantitative estimate of drug-likeness (QED) is 0.0689. The zero-order valence-corrected chi connectivity index (χ0v) is 29.4. The standard InChI is InChI=1S/C37H64N2O8/c1-3-5-7-9-11-13-15-17-19-21-23-25-32(42)46-34-30(29-40)45-36(39-28-27-31(41)38-37(39)44)35(34)47-33(43)26-24-22-20-18-16-14-12-10-8-6-4-2/h27-28,30,34-36,40H,3-26,29H2,1-2H3,(H,38,41,44). The van der Waals surface area contributed by atoms with Gasteiger partial charge in [0.05, 0.1) is 6.61 Å². The largest absolute Gasteiger partial charge is 0.455 e. The number of nitrogens with zero attached hydrogens (tertiary/aromatic N) is 1. The highest BCUT2D eigenvalue weighted by Crippen LogP contribution is 2.33. The van der Waals surface area contributed by atoms with Crippen LogP contribution in [0.3, 0.4) is 0 Å². The van der Waals surface area contributed by atoms with E-state index in [2.05, 4.69) is 18.8 Å². The molecular formula is C37H64N2O8. The molecule has 1 fully saturated rings. The summed E-state index contributed by atoms with van der Waals surface area (Å²) in [4.78, 5) is 52.3. The van der Waals surface area contributed by atoms with Crippen LogP contribution in [0.1, 0.15) is 174 Å². The molecule has 1 aromatic heterocycles. The molecule has 0 aliphatic carbocycles. The third-order valence-corrected chi connectivity index (χ3v) is 9.09. The van der Waals surface area contributed by atoms with Crippen molar-refractivity contribution in [3.8, 4) is 0 Å². The molecule has 1 aliphatic rings. The third-order valence-electron chi connectivity index (χ3n) is 9.09. The predicted molar refractivity (Wildman–Crippen MR) is 184 cm³/mol. The van der Waals surface area contributed by atoms with Gasteiger partial charge in [-0.05, 0) is 12.8 Å². The van der Waals surface area contributed by atoms with E-state index in [9.17, 15) is 24.3 Å². The minimum atomic E-state index is -1.17. The maximum absolute atomic E-state index is 13.0. The number of aliphatic hydroxyl groups excluding tert-OH is 1. The van der Waals surface area contributed by atoms with Gasteiger partial charge in [-0.15, -0.1) is 0 Å². The Morgan fingerprint density at radius 3 is 1.49 bits per heavy atom. The van der Waals surface area contributed by atoms with Crippen LogP contribution in [0.2, 0.25) is 0 Å². The van der Waals surface area contributed by atoms with Gasteiger partial charge in [0.2, 0.25) is 0 Å². The number of nitrogens with one attached hydrogen (secondary N) is 1. The molecule has 0 saturated carbocycles. The van der Waals surface area contributed by atoms with Crippen LogP contribution < -0.4 is 11.2 Å². The van der Waals surface area contributed by atoms with Crippen LogP contribution in [0.15, 0.2) is 21.9 Å². The molecule has 2 heterocycles. The summed E-state index contributed by atoms with van der Waals surface area (Å²) in [6, 6.07) is 1.16. The number of esters is 2. The summed E-state index contributed by atoms with van der Waals surface area (Å²) in [5, 5.41) is 10.1. The van der Waals surface area contributed by atoms with Gasteiger partial charge in [0.1, 0.15) is 6.10 Å². The van der Waals surface area contributed by atoms with Gasteiger partial charge in [-0.25, -0.2) is 4.79 Å². The highest BCUT2D eigenvalue weighted by molar-refractivity contribution is 5.70. The molecule has 4 unspecified atom stereocenters. The molecule has 2 rings (SSSR count). The first-order valence-corrected chi connectivity index (χ1v) is 18.9. The number of rotatable bonds is 28. The summed E-state index contributed by atoms with van der Waals surface area (Å²) in [5.41, 5.74) is -1.33. The lowest BCUT2D eigenvalue weighted by atomic mass is 10.1. The Kier molecular flexibility index (Phi) is 22.1. The molecule has 1 aromatic rings. The molecule has 0 radical (unpaired) electrons. The molecule has 4 atom stereocenters. The summed E-state index contributed by atoms with van der Waals surface area (Å²) < 4.78 is 18.6. The molecule has 1 aliphatic heterocycles.